The van der Waals surface area contributed by atoms with Crippen LogP contribution in [0.1, 0.15) is 13.8 Å². The van der Waals surface area contributed by atoms with Crippen LogP contribution in [-0.2, 0) is 9.59 Å². The van der Waals surface area contributed by atoms with Crippen molar-refractivity contribution in [2.24, 2.45) is 5.73 Å². The summed E-state index contributed by atoms with van der Waals surface area (Å²) in [6.45, 7) is 3.35. The maximum Gasteiger partial charge on any atom is 0.268 e. The van der Waals surface area contributed by atoms with Crippen LogP contribution in [0.25, 0.3) is 0 Å². The zero-order valence-electron chi connectivity index (χ0n) is 7.75. The average Bonchev–Trinajstić information content (AvgIpc) is 2.10. The first-order chi connectivity index (χ1) is 6.37. The second-order valence-corrected chi connectivity index (χ2v) is 4.02. The first-order valence-corrected chi connectivity index (χ1v) is 4.79. The molecule has 1 aliphatic rings. The van der Waals surface area contributed by atoms with E-state index in [1.807, 2.05) is 0 Å². The number of β-lactam (4-membered cyclic amide) rings is 1. The Morgan fingerprint density at radius 3 is 2.29 bits per heavy atom. The zero-order chi connectivity index (χ0) is 11.0. The van der Waals surface area contributed by atoms with Crippen LogP contribution in [0.4, 0.5) is 0 Å². The predicted octanol–water partition coefficient (Wildman–Crippen LogP) is 0.780. The van der Waals surface area contributed by atoms with Gasteiger partial charge in [0.1, 0.15) is 17.2 Å². The molecule has 1 rings (SSSR count). The molecule has 2 atom stereocenters. The van der Waals surface area contributed by atoms with Crippen LogP contribution in [0.3, 0.4) is 0 Å². The molecule has 2 N–H and O–H groups in total. The third kappa shape index (κ3) is 1.65. The normalized spacial score (nSPS) is 25.8. The van der Waals surface area contributed by atoms with Crippen molar-refractivity contribution in [1.82, 2.24) is 4.90 Å². The van der Waals surface area contributed by atoms with E-state index in [0.29, 0.717) is 5.57 Å². The molecule has 0 saturated carbocycles. The molecule has 0 aliphatic carbocycles. The molecule has 1 fully saturated rings. The third-order valence-electron chi connectivity index (χ3n) is 1.97. The molecular weight excluding hydrogens is 227 g/mol. The van der Waals surface area contributed by atoms with Crippen LogP contribution < -0.4 is 5.73 Å². The molecule has 0 spiro atoms. The number of nitrogens with two attached hydrogens (primary N) is 1. The standard InChI is InChI=1S/C8H10Cl2N2O2/c1-3(2)5(7(10)13)12-6(9)4(11)8(12)14/h4,6H,11H2,1-2H3/t4-,6?/m0/s1. The Morgan fingerprint density at radius 1 is 1.50 bits per heavy atom. The smallest absolute Gasteiger partial charge is 0.268 e. The molecular formula is C8H10Cl2N2O2. The number of likely N-dealkylation sites (tertiary alicyclic amines) is 1. The number of rotatable bonds is 2. The zero-order valence-corrected chi connectivity index (χ0v) is 9.26. The van der Waals surface area contributed by atoms with Crippen molar-refractivity contribution in [1.29, 1.82) is 0 Å². The summed E-state index contributed by atoms with van der Waals surface area (Å²) in [5.74, 6) is -0.379. The topological polar surface area (TPSA) is 63.4 Å². The third-order valence-corrected chi connectivity index (χ3v) is 2.61. The van der Waals surface area contributed by atoms with Gasteiger partial charge in [0.05, 0.1) is 0 Å². The van der Waals surface area contributed by atoms with Gasteiger partial charge in [0.2, 0.25) is 5.91 Å². The summed E-state index contributed by atoms with van der Waals surface area (Å²) < 4.78 is 0. The van der Waals surface area contributed by atoms with Crippen molar-refractivity contribution in [2.45, 2.75) is 25.4 Å². The van der Waals surface area contributed by atoms with E-state index in [-0.39, 0.29) is 11.6 Å². The van der Waals surface area contributed by atoms with E-state index >= 15 is 0 Å². The van der Waals surface area contributed by atoms with Gasteiger partial charge < -0.3 is 5.73 Å². The molecule has 0 radical (unpaired) electrons. The van der Waals surface area contributed by atoms with Gasteiger partial charge in [0.25, 0.3) is 5.24 Å². The number of nitrogens with zero attached hydrogens (tertiary/aromatic N) is 1. The van der Waals surface area contributed by atoms with E-state index in [2.05, 4.69) is 0 Å². The highest BCUT2D eigenvalue weighted by molar-refractivity contribution is 6.67. The van der Waals surface area contributed by atoms with Crippen LogP contribution in [0.15, 0.2) is 11.3 Å². The molecule has 6 heteroatoms. The maximum atomic E-state index is 11.3. The van der Waals surface area contributed by atoms with Crippen molar-refractivity contribution in [3.63, 3.8) is 0 Å². The Morgan fingerprint density at radius 2 is 2.00 bits per heavy atom. The maximum absolute atomic E-state index is 11.3. The second kappa shape index (κ2) is 3.88. The summed E-state index contributed by atoms with van der Waals surface area (Å²) >= 11 is 11.1. The predicted molar refractivity (Wildman–Crippen MR) is 53.7 cm³/mol. The van der Waals surface area contributed by atoms with Gasteiger partial charge >= 0.3 is 0 Å². The highest BCUT2D eigenvalue weighted by Gasteiger charge is 2.47. The van der Waals surface area contributed by atoms with E-state index in [4.69, 9.17) is 28.9 Å². The first kappa shape index (κ1) is 11.5. The summed E-state index contributed by atoms with van der Waals surface area (Å²) in [5, 5.41) is -0.698. The number of carbonyl (C=O) groups excluding carboxylic acids is 2. The number of allylic oxidation sites excluding steroid dienone is 2. The Bertz CT molecular complexity index is 323. The number of amides is 1. The summed E-state index contributed by atoms with van der Waals surface area (Å²) in [5.41, 5.74) is 5.47. The summed E-state index contributed by atoms with van der Waals surface area (Å²) in [6.07, 6.45) is 0. The Labute approximate surface area is 91.6 Å². The second-order valence-electron chi connectivity index (χ2n) is 3.23. The molecule has 0 bridgehead atoms. The Balaban J connectivity index is 3.00. The fraction of sp³-hybridized carbons (Fsp3) is 0.500. The number of hydrogen-bond acceptors (Lipinski definition) is 3. The average molecular weight is 237 g/mol. The molecule has 4 nitrogen and oxygen atoms in total. The van der Waals surface area contributed by atoms with Gasteiger partial charge in [-0.1, -0.05) is 11.6 Å². The van der Waals surface area contributed by atoms with Gasteiger partial charge in [-0.05, 0) is 31.0 Å². The van der Waals surface area contributed by atoms with Crippen LogP contribution >= 0.6 is 23.2 Å². The highest BCUT2D eigenvalue weighted by Crippen LogP contribution is 2.29. The fourth-order valence-corrected chi connectivity index (χ4v) is 1.83. The van der Waals surface area contributed by atoms with E-state index in [1.54, 1.807) is 13.8 Å². The number of hydrogen-bond donors (Lipinski definition) is 1. The van der Waals surface area contributed by atoms with Gasteiger partial charge in [-0.3, -0.25) is 14.5 Å². The highest BCUT2D eigenvalue weighted by atomic mass is 35.5. The molecule has 0 aromatic heterocycles. The van der Waals surface area contributed by atoms with Crippen molar-refractivity contribution < 1.29 is 9.59 Å². The van der Waals surface area contributed by atoms with E-state index in [0.717, 1.165) is 4.90 Å². The molecule has 1 unspecified atom stereocenters. The van der Waals surface area contributed by atoms with Crippen molar-refractivity contribution in [2.75, 3.05) is 0 Å². The molecule has 0 aromatic rings. The fourth-order valence-electron chi connectivity index (χ4n) is 1.24. The van der Waals surface area contributed by atoms with Gasteiger partial charge in [0.15, 0.2) is 0 Å². The number of carbonyl (C=O) groups is 2. The number of alkyl halides is 1. The van der Waals surface area contributed by atoms with Gasteiger partial charge in [-0.15, -0.1) is 0 Å². The van der Waals surface area contributed by atoms with Crippen LogP contribution in [0.5, 0.6) is 0 Å². The summed E-state index contributed by atoms with van der Waals surface area (Å²) in [7, 11) is 0. The van der Waals surface area contributed by atoms with Crippen LogP contribution in [-0.4, -0.2) is 27.6 Å². The van der Waals surface area contributed by atoms with E-state index < -0.39 is 16.8 Å². The lowest BCUT2D eigenvalue weighted by Gasteiger charge is -2.42. The number of halogens is 2. The summed E-state index contributed by atoms with van der Waals surface area (Å²) in [4.78, 5) is 23.4. The van der Waals surface area contributed by atoms with E-state index in [1.165, 1.54) is 0 Å². The molecule has 1 amide bonds. The Hall–Kier alpha value is -0.580. The largest absolute Gasteiger partial charge is 0.317 e. The minimum absolute atomic E-state index is 0.123. The molecule has 1 heterocycles. The molecule has 14 heavy (non-hydrogen) atoms. The van der Waals surface area contributed by atoms with Gasteiger partial charge in [-0.2, -0.15) is 0 Å². The minimum Gasteiger partial charge on any atom is -0.317 e. The monoisotopic (exact) mass is 236 g/mol. The quantitative estimate of drug-likeness (QED) is 0.254. The van der Waals surface area contributed by atoms with Gasteiger partial charge in [0, 0.05) is 0 Å². The van der Waals surface area contributed by atoms with E-state index in [9.17, 15) is 9.59 Å². The summed E-state index contributed by atoms with van der Waals surface area (Å²) in [6, 6.07) is -0.748. The van der Waals surface area contributed by atoms with Crippen molar-refractivity contribution in [3.05, 3.63) is 11.3 Å². The van der Waals surface area contributed by atoms with Gasteiger partial charge in [-0.25, -0.2) is 0 Å². The van der Waals surface area contributed by atoms with Crippen LogP contribution in [0.2, 0.25) is 0 Å². The first-order valence-electron chi connectivity index (χ1n) is 3.98. The minimum atomic E-state index is -0.748. The Kier molecular flexibility index (Phi) is 3.19. The lowest BCUT2D eigenvalue weighted by atomic mass is 10.1. The van der Waals surface area contributed by atoms with Crippen LogP contribution in [0, 0.1) is 0 Å². The SMILES string of the molecule is CC(C)=C(C(=O)Cl)N1C(=O)[C@@H](N)C1Cl. The lowest BCUT2D eigenvalue weighted by Crippen LogP contribution is -2.66. The molecule has 0 aromatic carbocycles. The van der Waals surface area contributed by atoms with Crippen molar-refractivity contribution >= 4 is 34.4 Å². The molecule has 1 saturated heterocycles. The van der Waals surface area contributed by atoms with Crippen molar-refractivity contribution in [3.8, 4) is 0 Å². The molecule has 1 aliphatic heterocycles. The molecule has 78 valence electrons. The lowest BCUT2D eigenvalue weighted by molar-refractivity contribution is -0.143.